The van der Waals surface area contributed by atoms with Gasteiger partial charge >= 0.3 is 0 Å². The van der Waals surface area contributed by atoms with Crippen molar-refractivity contribution in [3.05, 3.63) is 0 Å². The van der Waals surface area contributed by atoms with E-state index >= 15 is 0 Å². The minimum Gasteiger partial charge on any atom is -0.370 e. The Kier molecular flexibility index (Phi) is 8.01. The van der Waals surface area contributed by atoms with Crippen LogP contribution in [0.25, 0.3) is 0 Å². The molecule has 2 fully saturated rings. The Bertz CT molecular complexity index is 308. The topological polar surface area (TPSA) is 41.6 Å². The third-order valence-corrected chi connectivity index (χ3v) is 5.64. The first kappa shape index (κ1) is 18.4. The highest BCUT2D eigenvalue weighted by atomic mass is 127. The van der Waals surface area contributed by atoms with Gasteiger partial charge in [-0.25, -0.2) is 0 Å². The highest BCUT2D eigenvalue weighted by Crippen LogP contribution is 2.38. The second-order valence-electron chi connectivity index (χ2n) is 6.60. The summed E-state index contributed by atoms with van der Waals surface area (Å²) >= 11 is 2.01. The molecule has 20 heavy (non-hydrogen) atoms. The van der Waals surface area contributed by atoms with E-state index in [0.717, 1.165) is 31.5 Å². The van der Waals surface area contributed by atoms with Gasteiger partial charge in [0, 0.05) is 31.1 Å². The zero-order chi connectivity index (χ0) is 13.7. The second-order valence-corrected chi connectivity index (χ2v) is 7.82. The Labute approximate surface area is 145 Å². The van der Waals surface area contributed by atoms with Crippen molar-refractivity contribution in [3.8, 4) is 0 Å². The molecule has 0 aromatic carbocycles. The van der Waals surface area contributed by atoms with E-state index in [1.54, 1.807) is 0 Å². The zero-order valence-electron chi connectivity index (χ0n) is 12.9. The monoisotopic (exact) mass is 411 g/mol. The molecule has 2 aliphatic rings. The molecule has 0 atom stereocenters. The molecular weight excluding hydrogens is 381 g/mol. The maximum absolute atomic E-state index is 6.15. The molecule has 2 N–H and O–H groups in total. The van der Waals surface area contributed by atoms with E-state index in [1.165, 1.54) is 43.6 Å². The molecule has 1 heterocycles. The lowest BCUT2D eigenvalue weighted by Gasteiger charge is -2.36. The smallest absolute Gasteiger partial charge is 0.191 e. The van der Waals surface area contributed by atoms with Gasteiger partial charge in [0.1, 0.15) is 0 Å². The number of aliphatic imine (C=N–C) groups is 1. The zero-order valence-corrected chi connectivity index (χ0v) is 16.1. The van der Waals surface area contributed by atoms with E-state index < -0.39 is 0 Å². The number of nitrogens with zero attached hydrogens (tertiary/aromatic N) is 2. The summed E-state index contributed by atoms with van der Waals surface area (Å²) in [5.74, 6) is 3.96. The van der Waals surface area contributed by atoms with Crippen LogP contribution in [0.5, 0.6) is 0 Å². The molecule has 1 aliphatic heterocycles. The van der Waals surface area contributed by atoms with Crippen molar-refractivity contribution in [2.45, 2.75) is 46.0 Å². The minimum atomic E-state index is 0. The Morgan fingerprint density at radius 2 is 1.80 bits per heavy atom. The minimum absolute atomic E-state index is 0. The Morgan fingerprint density at radius 3 is 2.40 bits per heavy atom. The van der Waals surface area contributed by atoms with Crippen LogP contribution in [-0.4, -0.2) is 42.0 Å². The molecule has 5 heteroatoms. The van der Waals surface area contributed by atoms with Crippen molar-refractivity contribution in [3.63, 3.8) is 0 Å². The summed E-state index contributed by atoms with van der Waals surface area (Å²) in [6, 6.07) is 0. The number of guanidine groups is 1. The van der Waals surface area contributed by atoms with Gasteiger partial charge in [-0.15, -0.1) is 24.0 Å². The summed E-state index contributed by atoms with van der Waals surface area (Å²) in [7, 11) is 0. The number of rotatable bonds is 3. The fraction of sp³-hybridized carbons (Fsp3) is 0.933. The van der Waals surface area contributed by atoms with E-state index in [-0.39, 0.29) is 24.0 Å². The molecule has 0 aromatic rings. The van der Waals surface area contributed by atoms with Crippen LogP contribution in [0.15, 0.2) is 4.99 Å². The first-order valence-corrected chi connectivity index (χ1v) is 8.88. The van der Waals surface area contributed by atoms with E-state index in [1.807, 2.05) is 11.8 Å². The molecule has 1 saturated heterocycles. The molecule has 0 aromatic heterocycles. The number of nitrogens with two attached hydrogens (primary N) is 1. The first-order chi connectivity index (χ1) is 9.09. The molecule has 0 spiro atoms. The lowest BCUT2D eigenvalue weighted by atomic mass is 9.71. The molecule has 1 saturated carbocycles. The standard InChI is InChI=1S/C15H29N3S.HI/c1-15(2,13-6-4-3-5-7-13)12-17-14(16)18-8-10-19-11-9-18;/h13H,3-12H2,1-2H3,(H2,16,17);1H. The maximum Gasteiger partial charge on any atom is 0.191 e. The normalized spacial score (nSPS) is 22.5. The third kappa shape index (κ3) is 5.28. The molecule has 118 valence electrons. The predicted octanol–water partition coefficient (Wildman–Crippen LogP) is 3.57. The maximum atomic E-state index is 6.15. The van der Waals surface area contributed by atoms with Gasteiger partial charge < -0.3 is 10.6 Å². The van der Waals surface area contributed by atoms with Crippen molar-refractivity contribution in [2.24, 2.45) is 22.1 Å². The van der Waals surface area contributed by atoms with Gasteiger partial charge in [0.25, 0.3) is 0 Å². The summed E-state index contributed by atoms with van der Waals surface area (Å²) < 4.78 is 0. The van der Waals surface area contributed by atoms with Crippen molar-refractivity contribution in [2.75, 3.05) is 31.1 Å². The van der Waals surface area contributed by atoms with Gasteiger partial charge in [0.15, 0.2) is 5.96 Å². The van der Waals surface area contributed by atoms with Crippen molar-refractivity contribution in [1.82, 2.24) is 4.90 Å². The van der Waals surface area contributed by atoms with Gasteiger partial charge in [-0.05, 0) is 24.2 Å². The molecule has 3 nitrogen and oxygen atoms in total. The van der Waals surface area contributed by atoms with Crippen LogP contribution in [0.1, 0.15) is 46.0 Å². The van der Waals surface area contributed by atoms with Crippen LogP contribution in [0.4, 0.5) is 0 Å². The third-order valence-electron chi connectivity index (χ3n) is 4.69. The molecule has 2 rings (SSSR count). The van der Waals surface area contributed by atoms with Crippen LogP contribution in [0, 0.1) is 11.3 Å². The van der Waals surface area contributed by atoms with Crippen LogP contribution >= 0.6 is 35.7 Å². The fourth-order valence-corrected chi connectivity index (χ4v) is 4.09. The van der Waals surface area contributed by atoms with Crippen LogP contribution < -0.4 is 5.73 Å². The van der Waals surface area contributed by atoms with Crippen molar-refractivity contribution < 1.29 is 0 Å². The van der Waals surface area contributed by atoms with Gasteiger partial charge in [0.2, 0.25) is 0 Å². The highest BCUT2D eigenvalue weighted by molar-refractivity contribution is 14.0. The van der Waals surface area contributed by atoms with Crippen LogP contribution in [-0.2, 0) is 0 Å². The Hall–Kier alpha value is 0.350. The van der Waals surface area contributed by atoms with E-state index in [9.17, 15) is 0 Å². The van der Waals surface area contributed by atoms with Gasteiger partial charge in [-0.1, -0.05) is 33.1 Å². The van der Waals surface area contributed by atoms with Gasteiger partial charge in [-0.2, -0.15) is 11.8 Å². The summed E-state index contributed by atoms with van der Waals surface area (Å²) in [5.41, 5.74) is 6.45. The summed E-state index contributed by atoms with van der Waals surface area (Å²) in [5, 5.41) is 0. The number of halogens is 1. The molecule has 0 unspecified atom stereocenters. The average molecular weight is 411 g/mol. The molecule has 0 radical (unpaired) electrons. The van der Waals surface area contributed by atoms with Crippen molar-refractivity contribution in [1.29, 1.82) is 0 Å². The average Bonchev–Trinajstić information content (AvgIpc) is 2.47. The van der Waals surface area contributed by atoms with E-state index in [4.69, 9.17) is 10.7 Å². The lowest BCUT2D eigenvalue weighted by Crippen LogP contribution is -2.43. The van der Waals surface area contributed by atoms with Crippen molar-refractivity contribution >= 4 is 41.7 Å². The van der Waals surface area contributed by atoms with E-state index in [2.05, 4.69) is 18.7 Å². The Balaban J connectivity index is 0.00000200. The quantitative estimate of drug-likeness (QED) is 0.439. The first-order valence-electron chi connectivity index (χ1n) is 7.72. The highest BCUT2D eigenvalue weighted by Gasteiger charge is 2.30. The van der Waals surface area contributed by atoms with E-state index in [0.29, 0.717) is 5.41 Å². The molecule has 1 aliphatic carbocycles. The lowest BCUT2D eigenvalue weighted by molar-refractivity contribution is 0.167. The number of hydrogen-bond acceptors (Lipinski definition) is 2. The summed E-state index contributed by atoms with van der Waals surface area (Å²) in [6.07, 6.45) is 6.97. The molecule has 0 bridgehead atoms. The van der Waals surface area contributed by atoms with Gasteiger partial charge in [-0.3, -0.25) is 4.99 Å². The summed E-state index contributed by atoms with van der Waals surface area (Å²) in [4.78, 5) is 6.95. The second kappa shape index (κ2) is 8.71. The van der Waals surface area contributed by atoms with Gasteiger partial charge in [0.05, 0.1) is 0 Å². The predicted molar refractivity (Wildman–Crippen MR) is 101 cm³/mol. The molecule has 0 amide bonds. The number of hydrogen-bond donors (Lipinski definition) is 1. The number of thioether (sulfide) groups is 1. The van der Waals surface area contributed by atoms with Crippen LogP contribution in [0.2, 0.25) is 0 Å². The largest absolute Gasteiger partial charge is 0.370 e. The Morgan fingerprint density at radius 1 is 1.20 bits per heavy atom. The van der Waals surface area contributed by atoms with Crippen LogP contribution in [0.3, 0.4) is 0 Å². The molecular formula is C15H30IN3S. The fourth-order valence-electron chi connectivity index (χ4n) is 3.19. The SMILES string of the molecule is CC(C)(CN=C(N)N1CCSCC1)C1CCCCC1.I. The summed E-state index contributed by atoms with van der Waals surface area (Å²) in [6.45, 7) is 7.73.